The Kier molecular flexibility index (Phi) is 4.94. The van der Waals surface area contributed by atoms with Gasteiger partial charge in [-0.3, -0.25) is 10.1 Å². The van der Waals surface area contributed by atoms with Crippen molar-refractivity contribution in [1.29, 1.82) is 0 Å². The summed E-state index contributed by atoms with van der Waals surface area (Å²) in [5.41, 5.74) is 0. The highest BCUT2D eigenvalue weighted by molar-refractivity contribution is 7.90. The second-order valence-electron chi connectivity index (χ2n) is 4.81. The van der Waals surface area contributed by atoms with E-state index >= 15 is 0 Å². The van der Waals surface area contributed by atoms with Crippen molar-refractivity contribution in [2.24, 2.45) is 5.92 Å². The normalized spacial score (nSPS) is 23.1. The Morgan fingerprint density at radius 3 is 2.71 bits per heavy atom. The van der Waals surface area contributed by atoms with Crippen LogP contribution in [0.5, 0.6) is 0 Å². The van der Waals surface area contributed by atoms with E-state index in [9.17, 15) is 13.2 Å². The molecule has 0 saturated carbocycles. The van der Waals surface area contributed by atoms with E-state index in [4.69, 9.17) is 0 Å². The minimum atomic E-state index is -2.93. The maximum atomic E-state index is 12.0. The average Bonchev–Trinajstić information content (AvgIpc) is 2.58. The minimum absolute atomic E-state index is 0.0989. The first-order valence-corrected chi connectivity index (χ1v) is 8.11. The zero-order chi connectivity index (χ0) is 13.1. The van der Waals surface area contributed by atoms with Crippen LogP contribution in [0, 0.1) is 5.92 Å². The third kappa shape index (κ3) is 4.27. The summed E-state index contributed by atoms with van der Waals surface area (Å²) in [6.45, 7) is 5.17. The SMILES string of the molecule is CCC(C)C1NCN(CCCS(C)(=O)=O)C1=O. The second-order valence-corrected chi connectivity index (χ2v) is 7.07. The molecular formula is C11H22N2O3S. The fourth-order valence-corrected chi connectivity index (χ4v) is 2.61. The number of sulfone groups is 1. The number of amides is 1. The van der Waals surface area contributed by atoms with Gasteiger partial charge in [-0.25, -0.2) is 8.42 Å². The Morgan fingerprint density at radius 2 is 2.18 bits per heavy atom. The van der Waals surface area contributed by atoms with Crippen molar-refractivity contribution < 1.29 is 13.2 Å². The summed E-state index contributed by atoms with van der Waals surface area (Å²) in [6, 6.07) is -0.0989. The van der Waals surface area contributed by atoms with Crippen molar-refractivity contribution in [1.82, 2.24) is 10.2 Å². The van der Waals surface area contributed by atoms with Gasteiger partial charge in [-0.2, -0.15) is 0 Å². The number of carbonyl (C=O) groups excluding carboxylic acids is 1. The van der Waals surface area contributed by atoms with E-state index in [0.717, 1.165) is 6.42 Å². The molecule has 2 unspecified atom stereocenters. The highest BCUT2D eigenvalue weighted by Crippen LogP contribution is 2.15. The molecule has 0 aromatic heterocycles. The van der Waals surface area contributed by atoms with E-state index in [-0.39, 0.29) is 17.7 Å². The smallest absolute Gasteiger partial charge is 0.241 e. The number of rotatable bonds is 6. The molecule has 1 heterocycles. The van der Waals surface area contributed by atoms with Crippen LogP contribution < -0.4 is 5.32 Å². The Bertz CT molecular complexity index is 367. The van der Waals surface area contributed by atoms with Gasteiger partial charge in [-0.1, -0.05) is 20.3 Å². The molecule has 1 rings (SSSR count). The van der Waals surface area contributed by atoms with Crippen molar-refractivity contribution in [3.8, 4) is 0 Å². The van der Waals surface area contributed by atoms with Gasteiger partial charge in [0.1, 0.15) is 9.84 Å². The first-order chi connectivity index (χ1) is 7.85. The fourth-order valence-electron chi connectivity index (χ4n) is 1.96. The number of nitrogens with one attached hydrogen (secondary N) is 1. The Balaban J connectivity index is 2.40. The maximum absolute atomic E-state index is 12.0. The molecule has 2 atom stereocenters. The van der Waals surface area contributed by atoms with Crippen molar-refractivity contribution >= 4 is 15.7 Å². The molecule has 1 N–H and O–H groups in total. The minimum Gasteiger partial charge on any atom is -0.329 e. The van der Waals surface area contributed by atoms with Crippen LogP contribution >= 0.6 is 0 Å². The van der Waals surface area contributed by atoms with E-state index in [1.54, 1.807) is 4.90 Å². The summed E-state index contributed by atoms with van der Waals surface area (Å²) >= 11 is 0. The number of hydrogen-bond acceptors (Lipinski definition) is 4. The maximum Gasteiger partial charge on any atom is 0.241 e. The molecular weight excluding hydrogens is 240 g/mol. The summed E-state index contributed by atoms with van der Waals surface area (Å²) in [5, 5.41) is 3.18. The van der Waals surface area contributed by atoms with Crippen molar-refractivity contribution in [3.63, 3.8) is 0 Å². The number of nitrogens with zero attached hydrogens (tertiary/aromatic N) is 1. The van der Waals surface area contributed by atoms with Crippen molar-refractivity contribution in [3.05, 3.63) is 0 Å². The third-order valence-electron chi connectivity index (χ3n) is 3.24. The number of carbonyl (C=O) groups is 1. The summed E-state index contributed by atoms with van der Waals surface area (Å²) < 4.78 is 22.0. The lowest BCUT2D eigenvalue weighted by Gasteiger charge is -2.17. The van der Waals surface area contributed by atoms with Crippen LogP contribution in [0.1, 0.15) is 26.7 Å². The van der Waals surface area contributed by atoms with Crippen LogP contribution in [-0.4, -0.2) is 50.5 Å². The van der Waals surface area contributed by atoms with Gasteiger partial charge in [0.25, 0.3) is 0 Å². The highest BCUT2D eigenvalue weighted by atomic mass is 32.2. The van der Waals surface area contributed by atoms with Crippen molar-refractivity contribution in [2.75, 3.05) is 25.2 Å². The lowest BCUT2D eigenvalue weighted by atomic mass is 9.99. The van der Waals surface area contributed by atoms with Crippen LogP contribution in [0.25, 0.3) is 0 Å². The molecule has 0 spiro atoms. The topological polar surface area (TPSA) is 66.5 Å². The summed E-state index contributed by atoms with van der Waals surface area (Å²) in [5.74, 6) is 0.570. The first-order valence-electron chi connectivity index (χ1n) is 6.05. The number of hydrogen-bond donors (Lipinski definition) is 1. The monoisotopic (exact) mass is 262 g/mol. The molecule has 0 aromatic rings. The van der Waals surface area contributed by atoms with Gasteiger partial charge in [0.05, 0.1) is 18.5 Å². The van der Waals surface area contributed by atoms with Crippen LogP contribution in [-0.2, 0) is 14.6 Å². The Hall–Kier alpha value is -0.620. The molecule has 1 aliphatic rings. The highest BCUT2D eigenvalue weighted by Gasteiger charge is 2.33. The largest absolute Gasteiger partial charge is 0.329 e. The molecule has 1 fully saturated rings. The van der Waals surface area contributed by atoms with E-state index in [1.165, 1.54) is 6.26 Å². The fraction of sp³-hybridized carbons (Fsp3) is 0.909. The zero-order valence-corrected chi connectivity index (χ0v) is 11.6. The lowest BCUT2D eigenvalue weighted by Crippen LogP contribution is -2.36. The Labute approximate surface area is 103 Å². The predicted octanol–water partition coefficient (Wildman–Crippen LogP) is 0.225. The van der Waals surface area contributed by atoms with Gasteiger partial charge in [-0.05, 0) is 12.3 Å². The van der Waals surface area contributed by atoms with E-state index in [2.05, 4.69) is 19.2 Å². The van der Waals surface area contributed by atoms with Gasteiger partial charge < -0.3 is 4.90 Å². The first kappa shape index (κ1) is 14.4. The molecule has 6 heteroatoms. The van der Waals surface area contributed by atoms with Gasteiger partial charge in [-0.15, -0.1) is 0 Å². The van der Waals surface area contributed by atoms with Gasteiger partial charge in [0.15, 0.2) is 0 Å². The van der Waals surface area contributed by atoms with Crippen LogP contribution in [0.15, 0.2) is 0 Å². The summed E-state index contributed by atoms with van der Waals surface area (Å²) in [6.07, 6.45) is 2.69. The molecule has 0 bridgehead atoms. The van der Waals surface area contributed by atoms with Gasteiger partial charge in [0, 0.05) is 12.8 Å². The van der Waals surface area contributed by atoms with Gasteiger partial charge in [0.2, 0.25) is 5.91 Å². The molecule has 100 valence electrons. The summed E-state index contributed by atoms with van der Waals surface area (Å²) in [7, 11) is -2.93. The standard InChI is InChI=1S/C11H22N2O3S/c1-4-9(2)10-11(14)13(8-12-10)6-5-7-17(3,15)16/h9-10,12H,4-8H2,1-3H3. The van der Waals surface area contributed by atoms with E-state index in [0.29, 0.717) is 25.6 Å². The Morgan fingerprint density at radius 1 is 1.53 bits per heavy atom. The van der Waals surface area contributed by atoms with Crippen LogP contribution in [0.4, 0.5) is 0 Å². The molecule has 1 saturated heterocycles. The second kappa shape index (κ2) is 5.82. The lowest BCUT2D eigenvalue weighted by molar-refractivity contribution is -0.129. The molecule has 17 heavy (non-hydrogen) atoms. The molecule has 0 aliphatic carbocycles. The molecule has 0 radical (unpaired) electrons. The molecule has 1 amide bonds. The quantitative estimate of drug-likeness (QED) is 0.744. The van der Waals surface area contributed by atoms with Crippen LogP contribution in [0.3, 0.4) is 0 Å². The summed E-state index contributed by atoms with van der Waals surface area (Å²) in [4.78, 5) is 13.7. The van der Waals surface area contributed by atoms with E-state index in [1.807, 2.05) is 0 Å². The molecule has 0 aromatic carbocycles. The molecule has 5 nitrogen and oxygen atoms in total. The zero-order valence-electron chi connectivity index (χ0n) is 10.8. The van der Waals surface area contributed by atoms with Gasteiger partial charge >= 0.3 is 0 Å². The predicted molar refractivity (Wildman–Crippen MR) is 67.3 cm³/mol. The molecule has 1 aliphatic heterocycles. The van der Waals surface area contributed by atoms with Crippen LogP contribution in [0.2, 0.25) is 0 Å². The third-order valence-corrected chi connectivity index (χ3v) is 4.27. The van der Waals surface area contributed by atoms with Crippen molar-refractivity contribution in [2.45, 2.75) is 32.7 Å². The van der Waals surface area contributed by atoms with E-state index < -0.39 is 9.84 Å². The average molecular weight is 262 g/mol.